The highest BCUT2D eigenvalue weighted by Crippen LogP contribution is 1.82. The average Bonchev–Trinajstić information content (AvgIpc) is 1.35. The van der Waals surface area contributed by atoms with Crippen molar-refractivity contribution in [3.05, 3.63) is 0 Å². The number of hydrogen-bond acceptors (Lipinski definition) is 0. The number of nitrogens with zero attached hydrogens (tertiary/aromatic N) is 1. The molecule has 0 atom stereocenters. The molecule has 0 aliphatic carbocycles. The van der Waals surface area contributed by atoms with Crippen LogP contribution in [-0.4, -0.2) is 33.2 Å². The van der Waals surface area contributed by atoms with Gasteiger partial charge in [0.2, 0.25) is 7.69 Å². The molecular weight excluding hydrogens is 79.8 g/mol. The van der Waals surface area contributed by atoms with Gasteiger partial charge in [-0.1, -0.05) is 0 Å². The van der Waals surface area contributed by atoms with Gasteiger partial charge in [-0.05, 0) is 0 Å². The van der Waals surface area contributed by atoms with Crippen molar-refractivity contribution in [3.63, 3.8) is 0 Å². The molecule has 1 nitrogen and oxygen atoms in total. The van der Waals surface area contributed by atoms with Crippen LogP contribution in [0.5, 0.6) is 0 Å². The number of rotatable bonds is 1. The van der Waals surface area contributed by atoms with Crippen molar-refractivity contribution in [3.8, 4) is 0 Å². The maximum atomic E-state index is 11.3. The molecule has 0 amide bonds. The largest absolute Gasteiger partial charge is 0.540 e. The lowest BCUT2D eigenvalue weighted by molar-refractivity contribution is -0.760. The number of hydrogen-bond donors (Lipinski definition) is 0. The molecule has 3 heteroatoms. The van der Waals surface area contributed by atoms with Crippen LogP contribution in [0.25, 0.3) is 0 Å². The van der Waals surface area contributed by atoms with Crippen LogP contribution in [-0.2, 0) is 0 Å². The fraction of sp³-hybridized carbons (Fsp3) is 1.00. The summed E-state index contributed by atoms with van der Waals surface area (Å²) in [4.78, 5) is 0. The minimum absolute atomic E-state index is 0.278. The topological polar surface area (TPSA) is 0 Å². The first kappa shape index (κ1) is 5.95. The SMILES string of the molecule is C[N+](C)(C)[B-]F. The zero-order valence-electron chi connectivity index (χ0n) is 4.40. The van der Waals surface area contributed by atoms with Crippen molar-refractivity contribution in [2.24, 2.45) is 0 Å². The van der Waals surface area contributed by atoms with E-state index in [0.717, 1.165) is 0 Å². The highest BCUT2D eigenvalue weighted by Gasteiger charge is 1.88. The molecule has 0 fully saturated rings. The van der Waals surface area contributed by atoms with Crippen molar-refractivity contribution in [1.82, 2.24) is 0 Å². The van der Waals surface area contributed by atoms with Crippen LogP contribution in [0.1, 0.15) is 0 Å². The summed E-state index contributed by atoms with van der Waals surface area (Å²) in [6, 6.07) is 0. The predicted octanol–water partition coefficient (Wildman–Crippen LogP) is 0.196. The fourth-order valence-electron chi connectivity index (χ4n) is 0. The molecule has 0 aromatic heterocycles. The monoisotopic (exact) mass is 89.1 g/mol. The molecule has 0 N–H and O–H groups in total. The van der Waals surface area contributed by atoms with Gasteiger partial charge in [0.05, 0.1) is 0 Å². The zero-order valence-corrected chi connectivity index (χ0v) is 4.40. The van der Waals surface area contributed by atoms with Crippen molar-refractivity contribution in [2.45, 2.75) is 0 Å². The van der Waals surface area contributed by atoms with E-state index in [1.165, 1.54) is 0 Å². The van der Waals surface area contributed by atoms with Gasteiger partial charge < -0.3 is 8.71 Å². The van der Waals surface area contributed by atoms with Gasteiger partial charge in [0.1, 0.15) is 0 Å². The van der Waals surface area contributed by atoms with Gasteiger partial charge in [-0.3, -0.25) is 0 Å². The second-order valence-electron chi connectivity index (χ2n) is 2.21. The summed E-state index contributed by atoms with van der Waals surface area (Å²) < 4.78 is 11.6. The third-order valence-electron chi connectivity index (χ3n) is 0.293. The molecule has 0 aliphatic heterocycles. The minimum Gasteiger partial charge on any atom is -0.540 e. The van der Waals surface area contributed by atoms with E-state index in [9.17, 15) is 4.32 Å². The number of quaternary nitrogens is 1. The van der Waals surface area contributed by atoms with Crippen LogP contribution in [0.2, 0.25) is 0 Å². The van der Waals surface area contributed by atoms with Gasteiger partial charge in [0.15, 0.2) is 0 Å². The lowest BCUT2D eigenvalue weighted by Gasteiger charge is -2.32. The number of halogens is 1. The Kier molecular flexibility index (Phi) is 1.59. The first-order chi connectivity index (χ1) is 2.56. The predicted molar refractivity (Wildman–Crippen MR) is 24.9 cm³/mol. The molecule has 0 aromatic rings. The van der Waals surface area contributed by atoms with Crippen LogP contribution in [0.3, 0.4) is 0 Å². The molecule has 0 saturated carbocycles. The Bertz CT molecular complexity index is 40.5. The van der Waals surface area contributed by atoms with E-state index in [1.54, 1.807) is 21.1 Å². The third-order valence-corrected chi connectivity index (χ3v) is 0.293. The first-order valence-electron chi connectivity index (χ1n) is 1.82. The molecule has 0 rings (SSSR count). The van der Waals surface area contributed by atoms with Crippen molar-refractivity contribution >= 4 is 7.69 Å². The van der Waals surface area contributed by atoms with E-state index in [1.807, 2.05) is 0 Å². The molecule has 0 spiro atoms. The van der Waals surface area contributed by atoms with Crippen LogP contribution in [0.4, 0.5) is 4.32 Å². The summed E-state index contributed by atoms with van der Waals surface area (Å²) in [6.07, 6.45) is 0. The molecule has 0 aliphatic rings. The van der Waals surface area contributed by atoms with E-state index in [2.05, 4.69) is 0 Å². The van der Waals surface area contributed by atoms with Gasteiger partial charge >= 0.3 is 0 Å². The van der Waals surface area contributed by atoms with E-state index >= 15 is 0 Å². The smallest absolute Gasteiger partial charge is 0.213 e. The van der Waals surface area contributed by atoms with E-state index in [0.29, 0.717) is 7.69 Å². The van der Waals surface area contributed by atoms with Crippen molar-refractivity contribution in [2.75, 3.05) is 21.1 Å². The van der Waals surface area contributed by atoms with Crippen LogP contribution < -0.4 is 0 Å². The summed E-state index contributed by atoms with van der Waals surface area (Å²) in [5, 5.41) is 0. The maximum absolute atomic E-state index is 11.3. The summed E-state index contributed by atoms with van der Waals surface area (Å²) in [5.74, 6) is 0. The Hall–Kier alpha value is -0.0451. The zero-order chi connectivity index (χ0) is 5.21. The van der Waals surface area contributed by atoms with Crippen LogP contribution >= 0.6 is 0 Å². The quantitative estimate of drug-likeness (QED) is 0.402. The van der Waals surface area contributed by atoms with Crippen molar-refractivity contribution in [1.29, 1.82) is 0 Å². The highest BCUT2D eigenvalue weighted by molar-refractivity contribution is 6.15. The van der Waals surface area contributed by atoms with Crippen molar-refractivity contribution < 1.29 is 8.71 Å². The highest BCUT2D eigenvalue weighted by atomic mass is 19.1. The fourth-order valence-corrected chi connectivity index (χ4v) is 0. The third kappa shape index (κ3) is 3.95. The summed E-state index contributed by atoms with van der Waals surface area (Å²) in [6.45, 7) is 0. The lowest BCUT2D eigenvalue weighted by Crippen LogP contribution is -2.35. The summed E-state index contributed by atoms with van der Waals surface area (Å²) in [5.41, 5.74) is 0. The van der Waals surface area contributed by atoms with Gasteiger partial charge in [-0.15, -0.1) is 0 Å². The Balaban J connectivity index is 3.17. The molecular formula is C3H9BFN. The van der Waals surface area contributed by atoms with E-state index in [4.69, 9.17) is 0 Å². The maximum Gasteiger partial charge on any atom is 0.213 e. The minimum atomic E-state index is 0.278. The standard InChI is InChI=1S/C3H9BFN/c1-6(2,3)4-5/h1-3H3. The van der Waals surface area contributed by atoms with E-state index in [-0.39, 0.29) is 4.39 Å². The van der Waals surface area contributed by atoms with Gasteiger partial charge in [0, 0.05) is 21.1 Å². The molecule has 0 unspecified atom stereocenters. The molecule has 0 heterocycles. The van der Waals surface area contributed by atoms with Crippen LogP contribution in [0, 0.1) is 0 Å². The average molecular weight is 88.9 g/mol. The Morgan fingerprint density at radius 1 is 1.33 bits per heavy atom. The Labute approximate surface area is 38.7 Å². The Morgan fingerprint density at radius 3 is 1.50 bits per heavy atom. The van der Waals surface area contributed by atoms with Crippen LogP contribution in [0.15, 0.2) is 0 Å². The molecule has 2 radical (unpaired) electrons. The second-order valence-corrected chi connectivity index (χ2v) is 2.21. The van der Waals surface area contributed by atoms with Gasteiger partial charge in [0.25, 0.3) is 0 Å². The van der Waals surface area contributed by atoms with E-state index < -0.39 is 0 Å². The first-order valence-corrected chi connectivity index (χ1v) is 1.82. The lowest BCUT2D eigenvalue weighted by atomic mass is 10.2. The molecule has 0 saturated heterocycles. The second kappa shape index (κ2) is 1.60. The molecule has 6 heavy (non-hydrogen) atoms. The summed E-state index contributed by atoms with van der Waals surface area (Å²) in [7, 11) is 5.88. The Morgan fingerprint density at radius 2 is 1.50 bits per heavy atom. The molecule has 0 aromatic carbocycles. The molecule has 36 valence electrons. The van der Waals surface area contributed by atoms with Gasteiger partial charge in [-0.25, -0.2) is 0 Å². The normalized spacial score (nSPS) is 12.0. The molecule has 0 bridgehead atoms. The summed E-state index contributed by atoms with van der Waals surface area (Å²) >= 11 is 0. The van der Waals surface area contributed by atoms with Gasteiger partial charge in [-0.2, -0.15) is 0 Å².